The molecular formula is C14H9N. The second kappa shape index (κ2) is 3.18. The summed E-state index contributed by atoms with van der Waals surface area (Å²) in [5.74, 6) is 6.34. The van der Waals surface area contributed by atoms with Crippen molar-refractivity contribution in [3.8, 4) is 11.8 Å². The third-order valence-corrected chi connectivity index (χ3v) is 2.46. The Kier molecular flexibility index (Phi) is 1.73. The Bertz CT molecular complexity index is 524. The van der Waals surface area contributed by atoms with Crippen molar-refractivity contribution in [3.63, 3.8) is 0 Å². The molecule has 0 atom stereocenters. The van der Waals surface area contributed by atoms with Crippen LogP contribution in [0.4, 0.5) is 11.4 Å². The second-order valence-corrected chi connectivity index (χ2v) is 3.47. The van der Waals surface area contributed by atoms with E-state index in [-0.39, 0.29) is 0 Å². The lowest BCUT2D eigenvalue weighted by Gasteiger charge is -2.07. The Morgan fingerprint density at radius 1 is 0.667 bits per heavy atom. The van der Waals surface area contributed by atoms with Crippen LogP contribution in [0.2, 0.25) is 0 Å². The van der Waals surface area contributed by atoms with E-state index < -0.39 is 0 Å². The van der Waals surface area contributed by atoms with Gasteiger partial charge in [0.25, 0.3) is 0 Å². The van der Waals surface area contributed by atoms with Gasteiger partial charge in [-0.3, -0.25) is 0 Å². The van der Waals surface area contributed by atoms with Gasteiger partial charge in [0.15, 0.2) is 0 Å². The van der Waals surface area contributed by atoms with Crippen molar-refractivity contribution in [1.82, 2.24) is 0 Å². The molecule has 3 rings (SSSR count). The van der Waals surface area contributed by atoms with Gasteiger partial charge >= 0.3 is 0 Å². The van der Waals surface area contributed by atoms with Crippen molar-refractivity contribution in [2.24, 2.45) is 0 Å². The summed E-state index contributed by atoms with van der Waals surface area (Å²) in [7, 11) is 0. The molecule has 2 aromatic rings. The van der Waals surface area contributed by atoms with E-state index in [0.717, 1.165) is 22.5 Å². The Morgan fingerprint density at radius 2 is 1.13 bits per heavy atom. The molecule has 0 radical (unpaired) electrons. The predicted molar refractivity (Wildman–Crippen MR) is 62.1 cm³/mol. The summed E-state index contributed by atoms with van der Waals surface area (Å²) in [6.45, 7) is 0. The average Bonchev–Trinajstić information content (AvgIpc) is 2.48. The standard InChI is InChI=1S/C14H9N/c1-3-7-13-11(5-1)9-10-12-6-2-4-8-14(12)15-13/h1-8,15H. The summed E-state index contributed by atoms with van der Waals surface area (Å²) in [4.78, 5) is 0. The van der Waals surface area contributed by atoms with E-state index >= 15 is 0 Å². The molecule has 1 aliphatic rings. The number of nitrogens with one attached hydrogen (secondary N) is 1. The molecule has 70 valence electrons. The molecule has 1 nitrogen and oxygen atoms in total. The SMILES string of the molecule is C1#Cc2ccccc2Nc2ccccc21. The van der Waals surface area contributed by atoms with Gasteiger partial charge < -0.3 is 5.32 Å². The van der Waals surface area contributed by atoms with Crippen LogP contribution in [0.25, 0.3) is 0 Å². The number of fused-ring (bicyclic) bond motifs is 2. The average molecular weight is 191 g/mol. The number of hydrogen-bond donors (Lipinski definition) is 1. The largest absolute Gasteiger partial charge is 0.353 e. The molecule has 1 heteroatoms. The summed E-state index contributed by atoms with van der Waals surface area (Å²) < 4.78 is 0. The fourth-order valence-electron chi connectivity index (χ4n) is 1.68. The minimum absolute atomic E-state index is 1.05. The van der Waals surface area contributed by atoms with Gasteiger partial charge in [0.2, 0.25) is 0 Å². The Balaban J connectivity index is 2.22. The van der Waals surface area contributed by atoms with Gasteiger partial charge in [-0.15, -0.1) is 0 Å². The molecule has 0 unspecified atom stereocenters. The molecule has 1 aliphatic heterocycles. The molecule has 0 aliphatic carbocycles. The highest BCUT2D eigenvalue weighted by molar-refractivity contribution is 5.75. The fraction of sp³-hybridized carbons (Fsp3) is 0. The van der Waals surface area contributed by atoms with Crippen LogP contribution in [0.3, 0.4) is 0 Å². The summed E-state index contributed by atoms with van der Waals surface area (Å²) in [5, 5.41) is 3.38. The van der Waals surface area contributed by atoms with Crippen LogP contribution in [0.5, 0.6) is 0 Å². The Hall–Kier alpha value is -2.20. The van der Waals surface area contributed by atoms with Gasteiger partial charge in [-0.1, -0.05) is 36.1 Å². The van der Waals surface area contributed by atoms with Crippen LogP contribution in [0.1, 0.15) is 11.1 Å². The smallest absolute Gasteiger partial charge is 0.0543 e. The first kappa shape index (κ1) is 8.14. The zero-order chi connectivity index (χ0) is 10.1. The van der Waals surface area contributed by atoms with Crippen LogP contribution in [0.15, 0.2) is 48.5 Å². The molecule has 1 heterocycles. The summed E-state index contributed by atoms with van der Waals surface area (Å²) in [5.41, 5.74) is 4.26. The number of anilines is 2. The maximum Gasteiger partial charge on any atom is 0.0543 e. The van der Waals surface area contributed by atoms with Crippen molar-refractivity contribution in [2.45, 2.75) is 0 Å². The Morgan fingerprint density at radius 3 is 1.67 bits per heavy atom. The van der Waals surface area contributed by atoms with Crippen molar-refractivity contribution in [3.05, 3.63) is 59.7 Å². The first-order valence-electron chi connectivity index (χ1n) is 4.90. The van der Waals surface area contributed by atoms with E-state index in [4.69, 9.17) is 0 Å². The van der Waals surface area contributed by atoms with Crippen LogP contribution < -0.4 is 5.32 Å². The molecule has 1 N–H and O–H groups in total. The quantitative estimate of drug-likeness (QED) is 0.538. The van der Waals surface area contributed by atoms with Gasteiger partial charge in [-0.25, -0.2) is 0 Å². The van der Waals surface area contributed by atoms with E-state index in [0.29, 0.717) is 0 Å². The topological polar surface area (TPSA) is 12.0 Å². The van der Waals surface area contributed by atoms with Gasteiger partial charge in [-0.05, 0) is 24.3 Å². The molecular weight excluding hydrogens is 182 g/mol. The zero-order valence-electron chi connectivity index (χ0n) is 8.12. The van der Waals surface area contributed by atoms with E-state index in [1.807, 2.05) is 48.5 Å². The minimum atomic E-state index is 1.05. The highest BCUT2D eigenvalue weighted by Gasteiger charge is 2.05. The lowest BCUT2D eigenvalue weighted by Crippen LogP contribution is -1.92. The minimum Gasteiger partial charge on any atom is -0.353 e. The van der Waals surface area contributed by atoms with Crippen LogP contribution >= 0.6 is 0 Å². The first-order chi connectivity index (χ1) is 7.43. The lowest BCUT2D eigenvalue weighted by atomic mass is 10.2. The van der Waals surface area contributed by atoms with Crippen LogP contribution in [0, 0.1) is 11.8 Å². The molecule has 0 aromatic heterocycles. The van der Waals surface area contributed by atoms with Gasteiger partial charge in [-0.2, -0.15) is 0 Å². The maximum atomic E-state index is 3.38. The van der Waals surface area contributed by atoms with Crippen molar-refractivity contribution >= 4 is 11.4 Å². The molecule has 2 aromatic carbocycles. The summed E-state index contributed by atoms with van der Waals surface area (Å²) >= 11 is 0. The predicted octanol–water partition coefficient (Wildman–Crippen LogP) is 3.14. The van der Waals surface area contributed by atoms with Crippen molar-refractivity contribution < 1.29 is 0 Å². The molecule has 0 fully saturated rings. The molecule has 0 saturated carbocycles. The van der Waals surface area contributed by atoms with Gasteiger partial charge in [0.1, 0.15) is 0 Å². The molecule has 0 bridgehead atoms. The van der Waals surface area contributed by atoms with Crippen LogP contribution in [-0.2, 0) is 0 Å². The lowest BCUT2D eigenvalue weighted by molar-refractivity contribution is 1.52. The number of para-hydroxylation sites is 2. The van der Waals surface area contributed by atoms with E-state index in [1.165, 1.54) is 0 Å². The third kappa shape index (κ3) is 1.37. The highest BCUT2D eigenvalue weighted by Crippen LogP contribution is 2.25. The Labute approximate surface area is 88.8 Å². The van der Waals surface area contributed by atoms with Crippen LogP contribution in [-0.4, -0.2) is 0 Å². The molecule has 15 heavy (non-hydrogen) atoms. The second-order valence-electron chi connectivity index (χ2n) is 3.47. The third-order valence-electron chi connectivity index (χ3n) is 2.46. The van der Waals surface area contributed by atoms with Crippen molar-refractivity contribution in [1.29, 1.82) is 0 Å². The molecule has 0 saturated heterocycles. The van der Waals surface area contributed by atoms with E-state index in [1.54, 1.807) is 0 Å². The number of hydrogen-bond acceptors (Lipinski definition) is 1. The normalized spacial score (nSPS) is 11.2. The monoisotopic (exact) mass is 191 g/mol. The fourth-order valence-corrected chi connectivity index (χ4v) is 1.68. The molecule has 0 spiro atoms. The highest BCUT2D eigenvalue weighted by atomic mass is 14.9. The summed E-state index contributed by atoms with van der Waals surface area (Å²) in [6, 6.07) is 16.2. The zero-order valence-corrected chi connectivity index (χ0v) is 8.12. The van der Waals surface area contributed by atoms with E-state index in [9.17, 15) is 0 Å². The first-order valence-corrected chi connectivity index (χ1v) is 4.90. The van der Waals surface area contributed by atoms with E-state index in [2.05, 4.69) is 17.2 Å². The van der Waals surface area contributed by atoms with Crippen molar-refractivity contribution in [2.75, 3.05) is 5.32 Å². The van der Waals surface area contributed by atoms with Gasteiger partial charge in [0.05, 0.1) is 11.4 Å². The maximum absolute atomic E-state index is 3.38. The number of benzene rings is 2. The number of rotatable bonds is 0. The van der Waals surface area contributed by atoms with Gasteiger partial charge in [0, 0.05) is 11.1 Å². The summed E-state index contributed by atoms with van der Waals surface area (Å²) in [6.07, 6.45) is 0. The molecule has 0 amide bonds.